The molecule has 0 saturated carbocycles. The molecule has 1 heterocycles. The van der Waals surface area contributed by atoms with E-state index in [1.807, 2.05) is 6.07 Å². The van der Waals surface area contributed by atoms with Crippen LogP contribution in [0.4, 0.5) is 0 Å². The highest BCUT2D eigenvalue weighted by Gasteiger charge is 2.04. The maximum absolute atomic E-state index is 6.12. The standard InChI is InChI=1S/C17H31NO/c1-2-3-4-5-6-7-8-9-10-11-17(18)14-16-12-13-19-15-16/h12-13,15,17H,2-11,14,18H2,1H3. The lowest BCUT2D eigenvalue weighted by Crippen LogP contribution is -2.22. The minimum absolute atomic E-state index is 0.294. The van der Waals surface area contributed by atoms with Crippen LogP contribution >= 0.6 is 0 Å². The van der Waals surface area contributed by atoms with Crippen molar-refractivity contribution in [3.05, 3.63) is 24.2 Å². The van der Waals surface area contributed by atoms with Gasteiger partial charge in [0, 0.05) is 6.04 Å². The summed E-state index contributed by atoms with van der Waals surface area (Å²) in [7, 11) is 0. The summed E-state index contributed by atoms with van der Waals surface area (Å²) in [6, 6.07) is 2.30. The van der Waals surface area contributed by atoms with E-state index in [-0.39, 0.29) is 0 Å². The minimum atomic E-state index is 0.294. The van der Waals surface area contributed by atoms with Gasteiger partial charge >= 0.3 is 0 Å². The average Bonchev–Trinajstić information content (AvgIpc) is 2.89. The molecule has 0 bridgehead atoms. The van der Waals surface area contributed by atoms with Gasteiger partial charge in [-0.2, -0.15) is 0 Å². The van der Waals surface area contributed by atoms with Crippen molar-refractivity contribution in [2.75, 3.05) is 0 Å². The summed E-state index contributed by atoms with van der Waals surface area (Å²) < 4.78 is 5.06. The Balaban J connectivity index is 1.85. The largest absolute Gasteiger partial charge is 0.472 e. The lowest BCUT2D eigenvalue weighted by atomic mass is 10.0. The Labute approximate surface area is 118 Å². The van der Waals surface area contributed by atoms with Crippen LogP contribution in [-0.2, 0) is 6.42 Å². The smallest absolute Gasteiger partial charge is 0.0935 e. The van der Waals surface area contributed by atoms with Crippen LogP contribution in [0.1, 0.15) is 76.7 Å². The maximum atomic E-state index is 6.12. The molecule has 0 aliphatic carbocycles. The molecule has 1 unspecified atom stereocenters. The van der Waals surface area contributed by atoms with E-state index >= 15 is 0 Å². The molecular weight excluding hydrogens is 234 g/mol. The van der Waals surface area contributed by atoms with Crippen LogP contribution in [0.2, 0.25) is 0 Å². The van der Waals surface area contributed by atoms with Crippen molar-refractivity contribution < 1.29 is 4.42 Å². The molecule has 1 atom stereocenters. The number of hydrogen-bond acceptors (Lipinski definition) is 2. The second-order valence-corrected chi connectivity index (χ2v) is 5.71. The Morgan fingerprint density at radius 3 is 2.21 bits per heavy atom. The molecule has 0 aliphatic heterocycles. The summed E-state index contributed by atoms with van der Waals surface area (Å²) in [6.45, 7) is 2.27. The maximum Gasteiger partial charge on any atom is 0.0935 e. The van der Waals surface area contributed by atoms with E-state index in [2.05, 4.69) is 6.92 Å². The quantitative estimate of drug-likeness (QED) is 0.536. The molecular formula is C17H31NO. The second-order valence-electron chi connectivity index (χ2n) is 5.71. The van der Waals surface area contributed by atoms with Crippen molar-refractivity contribution in [3.8, 4) is 0 Å². The Kier molecular flexibility index (Phi) is 9.52. The highest BCUT2D eigenvalue weighted by atomic mass is 16.3. The summed E-state index contributed by atoms with van der Waals surface area (Å²) in [5.41, 5.74) is 7.34. The third-order valence-electron chi connectivity index (χ3n) is 3.76. The van der Waals surface area contributed by atoms with Gasteiger partial charge in [-0.1, -0.05) is 64.7 Å². The molecule has 1 aromatic rings. The molecule has 0 aliphatic rings. The molecule has 0 radical (unpaired) electrons. The van der Waals surface area contributed by atoms with E-state index in [0.717, 1.165) is 12.8 Å². The zero-order chi connectivity index (χ0) is 13.8. The lowest BCUT2D eigenvalue weighted by molar-refractivity contribution is 0.518. The van der Waals surface area contributed by atoms with Crippen molar-refractivity contribution in [1.29, 1.82) is 0 Å². The fourth-order valence-corrected chi connectivity index (χ4v) is 2.53. The Bertz CT molecular complexity index is 281. The molecule has 1 rings (SSSR count). The third kappa shape index (κ3) is 8.88. The molecule has 2 N–H and O–H groups in total. The first kappa shape index (κ1) is 16.3. The highest BCUT2D eigenvalue weighted by Crippen LogP contribution is 2.12. The molecule has 2 nitrogen and oxygen atoms in total. The summed E-state index contributed by atoms with van der Waals surface area (Å²) in [4.78, 5) is 0. The number of rotatable bonds is 12. The van der Waals surface area contributed by atoms with Gasteiger partial charge in [0.25, 0.3) is 0 Å². The fourth-order valence-electron chi connectivity index (χ4n) is 2.53. The van der Waals surface area contributed by atoms with E-state index in [0.29, 0.717) is 6.04 Å². The average molecular weight is 265 g/mol. The van der Waals surface area contributed by atoms with Crippen LogP contribution in [0.5, 0.6) is 0 Å². The van der Waals surface area contributed by atoms with E-state index in [9.17, 15) is 0 Å². The highest BCUT2D eigenvalue weighted by molar-refractivity contribution is 5.06. The van der Waals surface area contributed by atoms with Gasteiger partial charge < -0.3 is 10.2 Å². The fraction of sp³-hybridized carbons (Fsp3) is 0.765. The lowest BCUT2D eigenvalue weighted by Gasteiger charge is -2.09. The van der Waals surface area contributed by atoms with Gasteiger partial charge in [-0.3, -0.25) is 0 Å². The van der Waals surface area contributed by atoms with Crippen LogP contribution in [0, 0.1) is 0 Å². The normalized spacial score (nSPS) is 12.7. The first-order valence-electron chi connectivity index (χ1n) is 8.09. The summed E-state index contributed by atoms with van der Waals surface area (Å²) in [6.07, 6.45) is 18.0. The van der Waals surface area contributed by atoms with Crippen LogP contribution in [0.25, 0.3) is 0 Å². The summed E-state index contributed by atoms with van der Waals surface area (Å²) >= 11 is 0. The molecule has 110 valence electrons. The molecule has 2 heteroatoms. The number of nitrogens with two attached hydrogens (primary N) is 1. The van der Waals surface area contributed by atoms with Crippen molar-refractivity contribution in [2.24, 2.45) is 5.73 Å². The SMILES string of the molecule is CCCCCCCCCCCC(N)Cc1ccoc1. The van der Waals surface area contributed by atoms with Crippen molar-refractivity contribution >= 4 is 0 Å². The van der Waals surface area contributed by atoms with E-state index < -0.39 is 0 Å². The second kappa shape index (κ2) is 11.1. The van der Waals surface area contributed by atoms with Crippen molar-refractivity contribution in [2.45, 2.75) is 83.6 Å². The molecule has 1 aromatic heterocycles. The zero-order valence-corrected chi connectivity index (χ0v) is 12.6. The Morgan fingerprint density at radius 1 is 1.00 bits per heavy atom. The van der Waals surface area contributed by atoms with Crippen LogP contribution in [0.15, 0.2) is 23.0 Å². The van der Waals surface area contributed by atoms with Gasteiger partial charge in [-0.25, -0.2) is 0 Å². The van der Waals surface area contributed by atoms with Crippen molar-refractivity contribution in [1.82, 2.24) is 0 Å². The van der Waals surface area contributed by atoms with Crippen LogP contribution in [0.3, 0.4) is 0 Å². The molecule has 0 saturated heterocycles. The first-order chi connectivity index (χ1) is 9.33. The van der Waals surface area contributed by atoms with Gasteiger partial charge in [0.2, 0.25) is 0 Å². The van der Waals surface area contributed by atoms with Gasteiger partial charge in [0.15, 0.2) is 0 Å². The Hall–Kier alpha value is -0.760. The van der Waals surface area contributed by atoms with Gasteiger partial charge in [0.05, 0.1) is 12.5 Å². The summed E-state index contributed by atoms with van der Waals surface area (Å²) in [5.74, 6) is 0. The molecule has 0 amide bonds. The predicted octanol–water partition coefficient (Wildman–Crippen LogP) is 5.07. The Morgan fingerprint density at radius 2 is 1.63 bits per heavy atom. The van der Waals surface area contributed by atoms with E-state index in [4.69, 9.17) is 10.2 Å². The number of hydrogen-bond donors (Lipinski definition) is 1. The monoisotopic (exact) mass is 265 g/mol. The molecule has 0 fully saturated rings. The van der Waals surface area contributed by atoms with Gasteiger partial charge in [-0.15, -0.1) is 0 Å². The molecule has 19 heavy (non-hydrogen) atoms. The molecule has 0 spiro atoms. The van der Waals surface area contributed by atoms with Crippen LogP contribution < -0.4 is 5.73 Å². The zero-order valence-electron chi connectivity index (χ0n) is 12.6. The van der Waals surface area contributed by atoms with E-state index in [1.54, 1.807) is 12.5 Å². The topological polar surface area (TPSA) is 39.2 Å². The number of unbranched alkanes of at least 4 members (excludes halogenated alkanes) is 8. The minimum Gasteiger partial charge on any atom is -0.472 e. The third-order valence-corrected chi connectivity index (χ3v) is 3.76. The van der Waals surface area contributed by atoms with Gasteiger partial charge in [0.1, 0.15) is 0 Å². The van der Waals surface area contributed by atoms with Gasteiger partial charge in [-0.05, 0) is 24.5 Å². The first-order valence-corrected chi connectivity index (χ1v) is 8.09. The molecule has 0 aromatic carbocycles. The number of furan rings is 1. The van der Waals surface area contributed by atoms with E-state index in [1.165, 1.54) is 63.4 Å². The van der Waals surface area contributed by atoms with Crippen LogP contribution in [-0.4, -0.2) is 6.04 Å². The summed E-state index contributed by atoms with van der Waals surface area (Å²) in [5, 5.41) is 0. The predicted molar refractivity (Wildman–Crippen MR) is 82.2 cm³/mol. The van der Waals surface area contributed by atoms with Crippen molar-refractivity contribution in [3.63, 3.8) is 0 Å².